The van der Waals surface area contributed by atoms with Crippen LogP contribution in [0.2, 0.25) is 0 Å². The molecule has 94 valence electrons. The highest BCUT2D eigenvalue weighted by Crippen LogP contribution is 2.41. The van der Waals surface area contributed by atoms with Crippen LogP contribution in [0.5, 0.6) is 0 Å². The predicted molar refractivity (Wildman–Crippen MR) is 74.7 cm³/mol. The van der Waals surface area contributed by atoms with Crippen molar-refractivity contribution in [2.45, 2.75) is 55.9 Å². The predicted octanol–water partition coefficient (Wildman–Crippen LogP) is 4.21. The molecule has 0 radical (unpaired) electrons. The second kappa shape index (κ2) is 6.46. The maximum absolute atomic E-state index is 10.3. The zero-order valence-electron chi connectivity index (χ0n) is 10.6. The Morgan fingerprint density at radius 1 is 1.29 bits per heavy atom. The van der Waals surface area contributed by atoms with E-state index in [-0.39, 0.29) is 6.10 Å². The SMILES string of the molecule is CCCCCCC(O)C1CSc2ccccc21. The number of hydrogen-bond acceptors (Lipinski definition) is 2. The van der Waals surface area contributed by atoms with E-state index < -0.39 is 0 Å². The lowest BCUT2D eigenvalue weighted by molar-refractivity contribution is 0.138. The molecule has 0 saturated carbocycles. The second-order valence-corrected chi connectivity index (χ2v) is 5.93. The summed E-state index contributed by atoms with van der Waals surface area (Å²) in [6, 6.07) is 8.52. The van der Waals surface area contributed by atoms with Gasteiger partial charge in [0.05, 0.1) is 6.10 Å². The van der Waals surface area contributed by atoms with Crippen LogP contribution in [-0.2, 0) is 0 Å². The van der Waals surface area contributed by atoms with E-state index in [1.54, 1.807) is 0 Å². The van der Waals surface area contributed by atoms with E-state index in [0.29, 0.717) is 5.92 Å². The standard InChI is InChI=1S/C15H22OS/c1-2-3-4-5-9-14(16)13-11-17-15-10-7-6-8-12(13)15/h6-8,10,13-14,16H,2-5,9,11H2,1H3. The van der Waals surface area contributed by atoms with Crippen LogP contribution in [0.25, 0.3) is 0 Å². The first kappa shape index (κ1) is 13.0. The summed E-state index contributed by atoms with van der Waals surface area (Å²) in [5.41, 5.74) is 1.36. The molecule has 1 aliphatic rings. The molecule has 0 bridgehead atoms. The molecule has 1 N–H and O–H groups in total. The van der Waals surface area contributed by atoms with E-state index >= 15 is 0 Å². The van der Waals surface area contributed by atoms with Crippen molar-refractivity contribution in [3.63, 3.8) is 0 Å². The molecule has 17 heavy (non-hydrogen) atoms. The first-order valence-electron chi connectivity index (χ1n) is 6.72. The highest BCUT2D eigenvalue weighted by atomic mass is 32.2. The van der Waals surface area contributed by atoms with Gasteiger partial charge in [-0.3, -0.25) is 0 Å². The average molecular weight is 250 g/mol. The average Bonchev–Trinajstić information content (AvgIpc) is 2.78. The van der Waals surface area contributed by atoms with Gasteiger partial charge in [-0.1, -0.05) is 50.8 Å². The quantitative estimate of drug-likeness (QED) is 0.763. The molecule has 1 aromatic carbocycles. The Morgan fingerprint density at radius 3 is 2.94 bits per heavy atom. The van der Waals surface area contributed by atoms with Gasteiger partial charge >= 0.3 is 0 Å². The summed E-state index contributed by atoms with van der Waals surface area (Å²) in [5, 5.41) is 10.3. The van der Waals surface area contributed by atoms with Crippen molar-refractivity contribution >= 4 is 11.8 Å². The number of benzene rings is 1. The molecule has 0 saturated heterocycles. The van der Waals surface area contributed by atoms with Gasteiger partial charge in [-0.25, -0.2) is 0 Å². The number of unbranched alkanes of at least 4 members (excludes halogenated alkanes) is 3. The molecular formula is C15H22OS. The Kier molecular flexibility index (Phi) is 4.93. The number of hydrogen-bond donors (Lipinski definition) is 1. The van der Waals surface area contributed by atoms with E-state index in [9.17, 15) is 5.11 Å². The molecule has 0 spiro atoms. The number of aliphatic hydroxyl groups excluding tert-OH is 1. The minimum absolute atomic E-state index is 0.150. The van der Waals surface area contributed by atoms with Crippen LogP contribution in [-0.4, -0.2) is 17.0 Å². The summed E-state index contributed by atoms with van der Waals surface area (Å²) in [6.07, 6.45) is 5.79. The maximum Gasteiger partial charge on any atom is 0.0617 e. The van der Waals surface area contributed by atoms with Crippen molar-refractivity contribution in [2.75, 3.05) is 5.75 Å². The minimum atomic E-state index is -0.150. The van der Waals surface area contributed by atoms with E-state index in [1.165, 1.54) is 36.1 Å². The molecule has 2 atom stereocenters. The van der Waals surface area contributed by atoms with Crippen LogP contribution < -0.4 is 0 Å². The third-order valence-electron chi connectivity index (χ3n) is 3.55. The summed E-state index contributed by atoms with van der Waals surface area (Å²) in [5.74, 6) is 1.41. The van der Waals surface area contributed by atoms with Gasteiger partial charge in [-0.2, -0.15) is 0 Å². The van der Waals surface area contributed by atoms with Gasteiger partial charge in [0.2, 0.25) is 0 Å². The Morgan fingerprint density at radius 2 is 2.12 bits per heavy atom. The Balaban J connectivity index is 1.87. The molecule has 1 aromatic rings. The Hall–Kier alpha value is -0.470. The van der Waals surface area contributed by atoms with Crippen LogP contribution >= 0.6 is 11.8 Å². The number of aliphatic hydroxyl groups is 1. The fraction of sp³-hybridized carbons (Fsp3) is 0.600. The van der Waals surface area contributed by atoms with Gasteiger partial charge in [-0.15, -0.1) is 11.8 Å². The first-order chi connectivity index (χ1) is 8.33. The normalized spacial score (nSPS) is 20.2. The largest absolute Gasteiger partial charge is 0.392 e. The number of thioether (sulfide) groups is 1. The fourth-order valence-electron chi connectivity index (χ4n) is 2.49. The van der Waals surface area contributed by atoms with Crippen molar-refractivity contribution in [1.29, 1.82) is 0 Å². The van der Waals surface area contributed by atoms with Crippen molar-refractivity contribution in [3.05, 3.63) is 29.8 Å². The Bertz CT molecular complexity index is 351. The molecule has 0 amide bonds. The van der Waals surface area contributed by atoms with Gasteiger partial charge in [0.15, 0.2) is 0 Å². The van der Waals surface area contributed by atoms with Gasteiger partial charge in [0.1, 0.15) is 0 Å². The monoisotopic (exact) mass is 250 g/mol. The molecule has 2 rings (SSSR count). The van der Waals surface area contributed by atoms with Gasteiger partial charge < -0.3 is 5.11 Å². The van der Waals surface area contributed by atoms with Crippen molar-refractivity contribution < 1.29 is 5.11 Å². The van der Waals surface area contributed by atoms with Crippen LogP contribution in [0.15, 0.2) is 29.2 Å². The third kappa shape index (κ3) is 3.26. The molecule has 1 aliphatic heterocycles. The van der Waals surface area contributed by atoms with Crippen LogP contribution in [0.3, 0.4) is 0 Å². The third-order valence-corrected chi connectivity index (χ3v) is 4.76. The lowest BCUT2D eigenvalue weighted by Gasteiger charge is -2.18. The van der Waals surface area contributed by atoms with Gasteiger partial charge in [0, 0.05) is 16.6 Å². The molecule has 0 aromatic heterocycles. The zero-order valence-corrected chi connectivity index (χ0v) is 11.4. The smallest absolute Gasteiger partial charge is 0.0617 e. The van der Waals surface area contributed by atoms with Crippen molar-refractivity contribution in [1.82, 2.24) is 0 Å². The van der Waals surface area contributed by atoms with Crippen LogP contribution in [0.4, 0.5) is 0 Å². The second-order valence-electron chi connectivity index (χ2n) is 4.87. The lowest BCUT2D eigenvalue weighted by Crippen LogP contribution is -2.18. The molecule has 0 fully saturated rings. The summed E-state index contributed by atoms with van der Waals surface area (Å²) in [4.78, 5) is 1.37. The highest BCUT2D eigenvalue weighted by Gasteiger charge is 2.28. The minimum Gasteiger partial charge on any atom is -0.392 e. The van der Waals surface area contributed by atoms with E-state index in [0.717, 1.165) is 12.2 Å². The Labute approximate surface area is 109 Å². The molecule has 0 aliphatic carbocycles. The molecule has 2 heteroatoms. The molecule has 1 nitrogen and oxygen atoms in total. The van der Waals surface area contributed by atoms with E-state index in [2.05, 4.69) is 31.2 Å². The van der Waals surface area contributed by atoms with Crippen LogP contribution in [0.1, 0.15) is 50.5 Å². The van der Waals surface area contributed by atoms with E-state index in [4.69, 9.17) is 0 Å². The topological polar surface area (TPSA) is 20.2 Å². The summed E-state index contributed by atoms with van der Waals surface area (Å²) in [7, 11) is 0. The summed E-state index contributed by atoms with van der Waals surface area (Å²) < 4.78 is 0. The maximum atomic E-state index is 10.3. The molecule has 1 heterocycles. The number of fused-ring (bicyclic) bond motifs is 1. The fourth-order valence-corrected chi connectivity index (χ4v) is 3.81. The van der Waals surface area contributed by atoms with Gasteiger partial charge in [-0.05, 0) is 18.1 Å². The first-order valence-corrected chi connectivity index (χ1v) is 7.71. The lowest BCUT2D eigenvalue weighted by atomic mass is 9.92. The van der Waals surface area contributed by atoms with Gasteiger partial charge in [0.25, 0.3) is 0 Å². The van der Waals surface area contributed by atoms with Crippen molar-refractivity contribution in [3.8, 4) is 0 Å². The van der Waals surface area contributed by atoms with Crippen molar-refractivity contribution in [2.24, 2.45) is 0 Å². The molecule has 2 unspecified atom stereocenters. The highest BCUT2D eigenvalue weighted by molar-refractivity contribution is 7.99. The van der Waals surface area contributed by atoms with Crippen LogP contribution in [0, 0.1) is 0 Å². The summed E-state index contributed by atoms with van der Waals surface area (Å²) in [6.45, 7) is 2.22. The number of rotatable bonds is 6. The van der Waals surface area contributed by atoms with E-state index in [1.807, 2.05) is 11.8 Å². The molecular weight excluding hydrogens is 228 g/mol. The summed E-state index contributed by atoms with van der Waals surface area (Å²) >= 11 is 1.89. The zero-order chi connectivity index (χ0) is 12.1.